The maximum Gasteiger partial charge on any atom is 0.00971 e. The molecule has 0 aromatic rings. The van der Waals surface area contributed by atoms with Crippen LogP contribution in [-0.4, -0.2) is 6.54 Å². The summed E-state index contributed by atoms with van der Waals surface area (Å²) in [6, 6.07) is 0. The van der Waals surface area contributed by atoms with E-state index in [0.717, 1.165) is 19.4 Å². The highest BCUT2D eigenvalue weighted by Crippen LogP contribution is 2.29. The average Bonchev–Trinajstić information content (AvgIpc) is 2.34. The van der Waals surface area contributed by atoms with Crippen molar-refractivity contribution in [2.75, 3.05) is 6.54 Å². The van der Waals surface area contributed by atoms with E-state index in [2.05, 4.69) is 30.0 Å². The van der Waals surface area contributed by atoms with Gasteiger partial charge in [0.1, 0.15) is 0 Å². The molecule has 0 saturated heterocycles. The Morgan fingerprint density at radius 3 is 3.12 bits per heavy atom. The Kier molecular flexibility index (Phi) is 4.21. The molecule has 86 valence electrons. The van der Waals surface area contributed by atoms with Gasteiger partial charge in [0, 0.05) is 5.92 Å². The zero-order chi connectivity index (χ0) is 11.2. The summed E-state index contributed by atoms with van der Waals surface area (Å²) in [5.74, 6) is 0.637. The molecule has 0 spiro atoms. The van der Waals surface area contributed by atoms with E-state index in [0.29, 0.717) is 5.92 Å². The Morgan fingerprint density at radius 1 is 1.31 bits per heavy atom. The topological polar surface area (TPSA) is 26.0 Å². The van der Waals surface area contributed by atoms with Gasteiger partial charge in [-0.1, -0.05) is 18.6 Å². The maximum absolute atomic E-state index is 5.49. The maximum atomic E-state index is 5.49. The molecule has 1 atom stereocenters. The summed E-state index contributed by atoms with van der Waals surface area (Å²) in [4.78, 5) is 0. The van der Waals surface area contributed by atoms with Crippen LogP contribution in [0.15, 0.2) is 41.2 Å². The Hall–Kier alpha value is -1.04. The van der Waals surface area contributed by atoms with Gasteiger partial charge in [-0.05, 0) is 61.9 Å². The minimum atomic E-state index is 0.637. The Balaban J connectivity index is 1.89. The SMILES string of the molecule is NCCCCCC1=C=CC2CCC=CC2=C1. The number of rotatable bonds is 5. The Bertz CT molecular complexity index is 354. The molecule has 0 aliphatic heterocycles. The molecular weight excluding hydrogens is 194 g/mol. The molecule has 0 heterocycles. The van der Waals surface area contributed by atoms with Crippen LogP contribution in [0.1, 0.15) is 38.5 Å². The molecular formula is C15H21N. The summed E-state index contributed by atoms with van der Waals surface area (Å²) in [7, 11) is 0. The van der Waals surface area contributed by atoms with E-state index in [1.54, 1.807) is 0 Å². The number of hydrogen-bond donors (Lipinski definition) is 1. The predicted molar refractivity (Wildman–Crippen MR) is 69.1 cm³/mol. The van der Waals surface area contributed by atoms with E-state index in [4.69, 9.17) is 5.73 Å². The van der Waals surface area contributed by atoms with E-state index in [-0.39, 0.29) is 0 Å². The van der Waals surface area contributed by atoms with Crippen molar-refractivity contribution in [3.05, 3.63) is 41.2 Å². The highest BCUT2D eigenvalue weighted by atomic mass is 14.5. The summed E-state index contributed by atoms with van der Waals surface area (Å²) in [5.41, 5.74) is 11.8. The molecule has 0 fully saturated rings. The fourth-order valence-electron chi connectivity index (χ4n) is 2.35. The lowest BCUT2D eigenvalue weighted by molar-refractivity contribution is 0.663. The molecule has 0 radical (unpaired) electrons. The monoisotopic (exact) mass is 215 g/mol. The number of allylic oxidation sites excluding steroid dienone is 5. The molecule has 1 heteroatoms. The summed E-state index contributed by atoms with van der Waals surface area (Å²) in [6.45, 7) is 0.820. The number of unbranched alkanes of at least 4 members (excludes halogenated alkanes) is 2. The highest BCUT2D eigenvalue weighted by Gasteiger charge is 2.14. The highest BCUT2D eigenvalue weighted by molar-refractivity contribution is 5.39. The van der Waals surface area contributed by atoms with Crippen LogP contribution >= 0.6 is 0 Å². The lowest BCUT2D eigenvalue weighted by Gasteiger charge is -2.20. The summed E-state index contributed by atoms with van der Waals surface area (Å²) in [5, 5.41) is 0. The van der Waals surface area contributed by atoms with Crippen LogP contribution in [0.4, 0.5) is 0 Å². The van der Waals surface area contributed by atoms with Crippen molar-refractivity contribution in [2.45, 2.75) is 38.5 Å². The van der Waals surface area contributed by atoms with Crippen LogP contribution in [0.5, 0.6) is 0 Å². The van der Waals surface area contributed by atoms with Crippen molar-refractivity contribution in [1.82, 2.24) is 0 Å². The van der Waals surface area contributed by atoms with Gasteiger partial charge in [0.15, 0.2) is 0 Å². The van der Waals surface area contributed by atoms with E-state index < -0.39 is 0 Å². The van der Waals surface area contributed by atoms with Crippen molar-refractivity contribution in [1.29, 1.82) is 0 Å². The lowest BCUT2D eigenvalue weighted by atomic mass is 9.85. The molecule has 0 aromatic carbocycles. The molecule has 0 amide bonds. The van der Waals surface area contributed by atoms with Crippen molar-refractivity contribution in [3.8, 4) is 0 Å². The summed E-state index contributed by atoms with van der Waals surface area (Å²) >= 11 is 0. The molecule has 1 unspecified atom stereocenters. The quantitative estimate of drug-likeness (QED) is 0.551. The second-order valence-electron chi connectivity index (χ2n) is 4.67. The summed E-state index contributed by atoms with van der Waals surface area (Å²) < 4.78 is 0. The average molecular weight is 215 g/mol. The van der Waals surface area contributed by atoms with Crippen LogP contribution in [0.2, 0.25) is 0 Å². The van der Waals surface area contributed by atoms with Gasteiger partial charge in [0.05, 0.1) is 0 Å². The lowest BCUT2D eigenvalue weighted by Crippen LogP contribution is -2.05. The van der Waals surface area contributed by atoms with Gasteiger partial charge >= 0.3 is 0 Å². The van der Waals surface area contributed by atoms with Gasteiger partial charge in [-0.2, -0.15) is 0 Å². The first-order valence-corrected chi connectivity index (χ1v) is 6.44. The third-order valence-electron chi connectivity index (χ3n) is 3.34. The van der Waals surface area contributed by atoms with Crippen LogP contribution in [0.25, 0.3) is 0 Å². The first-order chi connectivity index (χ1) is 7.90. The van der Waals surface area contributed by atoms with E-state index >= 15 is 0 Å². The largest absolute Gasteiger partial charge is 0.330 e. The number of nitrogens with two attached hydrogens (primary N) is 1. The molecule has 16 heavy (non-hydrogen) atoms. The Morgan fingerprint density at radius 2 is 2.25 bits per heavy atom. The van der Waals surface area contributed by atoms with Crippen molar-refractivity contribution >= 4 is 0 Å². The minimum Gasteiger partial charge on any atom is -0.330 e. The predicted octanol–water partition coefficient (Wildman–Crippen LogP) is 3.49. The zero-order valence-electron chi connectivity index (χ0n) is 9.91. The van der Waals surface area contributed by atoms with Gasteiger partial charge in [-0.3, -0.25) is 0 Å². The van der Waals surface area contributed by atoms with Crippen molar-refractivity contribution in [2.24, 2.45) is 11.7 Å². The summed E-state index contributed by atoms with van der Waals surface area (Å²) in [6.07, 6.45) is 16.4. The van der Waals surface area contributed by atoms with Crippen LogP contribution in [0, 0.1) is 5.92 Å². The first kappa shape index (κ1) is 11.4. The van der Waals surface area contributed by atoms with E-state index in [9.17, 15) is 0 Å². The van der Waals surface area contributed by atoms with Gasteiger partial charge in [0.25, 0.3) is 0 Å². The normalized spacial score (nSPS) is 22.7. The third kappa shape index (κ3) is 2.98. The van der Waals surface area contributed by atoms with E-state index in [1.807, 2.05) is 0 Å². The molecule has 1 nitrogen and oxygen atoms in total. The van der Waals surface area contributed by atoms with Gasteiger partial charge < -0.3 is 5.73 Å². The van der Waals surface area contributed by atoms with Crippen molar-refractivity contribution in [3.63, 3.8) is 0 Å². The van der Waals surface area contributed by atoms with Crippen LogP contribution in [0.3, 0.4) is 0 Å². The molecule has 0 saturated carbocycles. The second-order valence-corrected chi connectivity index (χ2v) is 4.67. The number of hydrogen-bond acceptors (Lipinski definition) is 1. The van der Waals surface area contributed by atoms with Gasteiger partial charge in [-0.15, -0.1) is 5.73 Å². The molecule has 2 aliphatic rings. The number of fused-ring (bicyclic) bond motifs is 1. The molecule has 0 bridgehead atoms. The third-order valence-corrected chi connectivity index (χ3v) is 3.34. The smallest absolute Gasteiger partial charge is 0.00971 e. The molecule has 2 rings (SSSR count). The zero-order valence-corrected chi connectivity index (χ0v) is 9.91. The molecule has 2 aliphatic carbocycles. The van der Waals surface area contributed by atoms with Crippen LogP contribution < -0.4 is 5.73 Å². The van der Waals surface area contributed by atoms with E-state index in [1.165, 1.54) is 36.8 Å². The standard InChI is InChI=1S/C15H21N/c16-11-5-1-2-6-13-9-10-14-7-3-4-8-15(14)12-13/h4,8,10,12,14H,1-3,5-7,11,16H2. The van der Waals surface area contributed by atoms with Gasteiger partial charge in [-0.25, -0.2) is 0 Å². The van der Waals surface area contributed by atoms with Crippen molar-refractivity contribution < 1.29 is 0 Å². The molecule has 2 N–H and O–H groups in total. The van der Waals surface area contributed by atoms with Crippen LogP contribution in [-0.2, 0) is 0 Å². The minimum absolute atomic E-state index is 0.637. The Labute approximate surface area is 98.4 Å². The van der Waals surface area contributed by atoms with Gasteiger partial charge in [0.2, 0.25) is 0 Å². The molecule has 0 aromatic heterocycles. The fourth-order valence-corrected chi connectivity index (χ4v) is 2.35. The first-order valence-electron chi connectivity index (χ1n) is 6.44. The fraction of sp³-hybridized carbons (Fsp3) is 0.533. The second kappa shape index (κ2) is 5.89.